The molecule has 0 saturated carbocycles. The Hall–Kier alpha value is -2.96. The lowest BCUT2D eigenvalue weighted by molar-refractivity contribution is -0.385. The summed E-state index contributed by atoms with van der Waals surface area (Å²) < 4.78 is 48.5. The number of hydrogen-bond donors (Lipinski definition) is 17. The van der Waals surface area contributed by atoms with E-state index in [0.29, 0.717) is 0 Å². The van der Waals surface area contributed by atoms with Crippen LogP contribution in [0.4, 0.5) is 0 Å². The Balaban J connectivity index is 1.92. The maximum absolute atomic E-state index is 13.1. The Morgan fingerprint density at radius 1 is 0.507 bits per heavy atom. The van der Waals surface area contributed by atoms with Crippen molar-refractivity contribution in [2.75, 3.05) is 33.0 Å². The molecule has 4 saturated heterocycles. The van der Waals surface area contributed by atoms with Gasteiger partial charge in [-0.25, -0.2) is 0 Å². The Kier molecular flexibility index (Phi) is 21.3. The minimum atomic E-state index is -2.14. The van der Waals surface area contributed by atoms with Crippen molar-refractivity contribution in [1.29, 1.82) is 0 Å². The molecule has 4 aliphatic heterocycles. The molecule has 0 aromatic heterocycles. The summed E-state index contributed by atoms with van der Waals surface area (Å²) in [6.45, 7) is 0.481. The number of rotatable bonds is 20. The zero-order valence-electron chi connectivity index (χ0n) is 37.1. The van der Waals surface area contributed by atoms with E-state index >= 15 is 0 Å². The monoisotopic (exact) mass is 978 g/mol. The van der Waals surface area contributed by atoms with Crippen LogP contribution >= 0.6 is 0 Å². The molecule has 0 radical (unpaired) electrons. The van der Waals surface area contributed by atoms with Crippen LogP contribution < -0.4 is 21.3 Å². The first kappa shape index (κ1) is 56.6. The van der Waals surface area contributed by atoms with E-state index in [2.05, 4.69) is 21.3 Å². The number of amides is 4. The van der Waals surface area contributed by atoms with Gasteiger partial charge in [0.25, 0.3) is 0 Å². The van der Waals surface area contributed by atoms with E-state index in [1.807, 2.05) is 0 Å². The standard InChI is InChI=1S/C38H66N4O25/c1-11-24(53)30(59)34(67-36-22(41-14(4)50)29(58)27(56)19(9-46)62-36)38(60-11)66-33-23(42-15(5)51)37(64-31(25(54)17(52)7-44)16(6-43)39-12(2)48)63-20(10-47)32(33)65-35-21(40-13(3)49)28(57)26(55)18(8-45)61-35/h11,16-38,43-47,52-59H,6-10H2,1-5H3,(H,39,48)(H,40,49)(H,41,50)(H,42,51). The average Bonchev–Trinajstić information content (AvgIpc) is 3.27. The van der Waals surface area contributed by atoms with Crippen LogP contribution in [-0.4, -0.2) is 270 Å². The molecule has 0 aromatic rings. The number of carbonyl (C=O) groups is 4. The molecule has 4 amide bonds. The van der Waals surface area contributed by atoms with Crippen molar-refractivity contribution < 1.29 is 123 Å². The van der Waals surface area contributed by atoms with Gasteiger partial charge in [-0.15, -0.1) is 0 Å². The quantitative estimate of drug-likeness (QED) is 0.0538. The number of carbonyl (C=O) groups excluding carboxylic acids is 4. The molecule has 0 aromatic carbocycles. The van der Waals surface area contributed by atoms with Crippen LogP contribution in [0.2, 0.25) is 0 Å². The van der Waals surface area contributed by atoms with E-state index in [9.17, 15) is 85.6 Å². The van der Waals surface area contributed by atoms with Crippen LogP contribution in [0, 0.1) is 0 Å². The third-order valence-electron chi connectivity index (χ3n) is 11.5. The highest BCUT2D eigenvalue weighted by Gasteiger charge is 2.57. The Bertz CT molecular complexity index is 1610. The largest absolute Gasteiger partial charge is 0.394 e. The maximum Gasteiger partial charge on any atom is 0.217 e. The van der Waals surface area contributed by atoms with Crippen LogP contribution in [0.5, 0.6) is 0 Å². The molecule has 67 heavy (non-hydrogen) atoms. The SMILES string of the molecule is CC(=O)NC(CO)C(OC1OC(CO)C(OC2OC(CO)C(O)C(O)C2NC(C)=O)C(OC2OC(C)C(O)C(O)C2OC2OC(CO)C(O)C(O)C2NC(C)=O)C1NC(C)=O)C(O)C(O)CO. The Labute approximate surface area is 382 Å². The fourth-order valence-corrected chi connectivity index (χ4v) is 8.16. The van der Waals surface area contributed by atoms with Crippen molar-refractivity contribution >= 4 is 23.6 Å². The molecule has 4 heterocycles. The molecule has 29 nitrogen and oxygen atoms in total. The summed E-state index contributed by atoms with van der Waals surface area (Å²) in [5, 5.41) is 148. The summed E-state index contributed by atoms with van der Waals surface area (Å²) in [7, 11) is 0. The van der Waals surface area contributed by atoms with Crippen LogP contribution in [0.1, 0.15) is 34.6 Å². The lowest BCUT2D eigenvalue weighted by Crippen LogP contribution is -2.72. The van der Waals surface area contributed by atoms with E-state index in [1.165, 1.54) is 6.92 Å². The fraction of sp³-hybridized carbons (Fsp3) is 0.895. The van der Waals surface area contributed by atoms with Crippen molar-refractivity contribution in [3.05, 3.63) is 0 Å². The summed E-state index contributed by atoms with van der Waals surface area (Å²) >= 11 is 0. The van der Waals surface area contributed by atoms with E-state index < -0.39 is 204 Å². The molecule has 29 heteroatoms. The molecule has 0 bridgehead atoms. The van der Waals surface area contributed by atoms with Crippen molar-refractivity contribution in [2.45, 2.75) is 182 Å². The second-order valence-electron chi connectivity index (χ2n) is 16.6. The van der Waals surface area contributed by atoms with Gasteiger partial charge < -0.3 is 126 Å². The van der Waals surface area contributed by atoms with Gasteiger partial charge in [0.05, 0.1) is 45.2 Å². The number of aliphatic hydroxyl groups excluding tert-OH is 13. The first-order valence-corrected chi connectivity index (χ1v) is 21.3. The Morgan fingerprint density at radius 3 is 1.39 bits per heavy atom. The number of ether oxygens (including phenoxy) is 8. The first-order valence-electron chi connectivity index (χ1n) is 21.3. The predicted octanol–water partition coefficient (Wildman–Crippen LogP) is -10.7. The van der Waals surface area contributed by atoms with Gasteiger partial charge in [0.15, 0.2) is 25.2 Å². The van der Waals surface area contributed by atoms with E-state index in [1.54, 1.807) is 0 Å². The van der Waals surface area contributed by atoms with Crippen molar-refractivity contribution in [1.82, 2.24) is 21.3 Å². The zero-order chi connectivity index (χ0) is 50.2. The predicted molar refractivity (Wildman–Crippen MR) is 214 cm³/mol. The summed E-state index contributed by atoms with van der Waals surface area (Å²) in [6.07, 6.45) is -37.1. The van der Waals surface area contributed by atoms with Crippen LogP contribution in [0.25, 0.3) is 0 Å². The van der Waals surface area contributed by atoms with Gasteiger partial charge in [0.1, 0.15) is 110 Å². The lowest BCUT2D eigenvalue weighted by atomic mass is 9.93. The van der Waals surface area contributed by atoms with E-state index in [-0.39, 0.29) is 0 Å². The molecule has 24 atom stereocenters. The third-order valence-corrected chi connectivity index (χ3v) is 11.5. The van der Waals surface area contributed by atoms with Crippen LogP contribution in [0.3, 0.4) is 0 Å². The number of hydrogen-bond acceptors (Lipinski definition) is 25. The molecule has 24 unspecified atom stereocenters. The van der Waals surface area contributed by atoms with Crippen molar-refractivity contribution in [2.24, 2.45) is 0 Å². The summed E-state index contributed by atoms with van der Waals surface area (Å²) in [5.74, 6) is -3.20. The molecule has 4 aliphatic rings. The summed E-state index contributed by atoms with van der Waals surface area (Å²) in [5.41, 5.74) is 0. The molecule has 0 spiro atoms. The fourth-order valence-electron chi connectivity index (χ4n) is 8.16. The molecule has 388 valence electrons. The van der Waals surface area contributed by atoms with Gasteiger partial charge in [-0.05, 0) is 6.92 Å². The highest BCUT2D eigenvalue weighted by atomic mass is 16.8. The number of aliphatic hydroxyl groups is 13. The first-order chi connectivity index (χ1) is 31.5. The van der Waals surface area contributed by atoms with Gasteiger partial charge in [-0.3, -0.25) is 19.2 Å². The second-order valence-corrected chi connectivity index (χ2v) is 16.6. The molecule has 17 N–H and O–H groups in total. The third kappa shape index (κ3) is 13.7. The summed E-state index contributed by atoms with van der Waals surface area (Å²) in [4.78, 5) is 49.9. The van der Waals surface area contributed by atoms with Crippen LogP contribution in [-0.2, 0) is 57.1 Å². The highest BCUT2D eigenvalue weighted by molar-refractivity contribution is 5.74. The van der Waals surface area contributed by atoms with Crippen molar-refractivity contribution in [3.8, 4) is 0 Å². The molecule has 0 aliphatic carbocycles. The van der Waals surface area contributed by atoms with E-state index in [0.717, 1.165) is 27.7 Å². The van der Waals surface area contributed by atoms with Gasteiger partial charge in [0.2, 0.25) is 23.6 Å². The van der Waals surface area contributed by atoms with Gasteiger partial charge in [0, 0.05) is 27.7 Å². The van der Waals surface area contributed by atoms with Gasteiger partial charge in [-0.1, -0.05) is 0 Å². The topological polar surface area (TPSA) is 453 Å². The molecule has 4 rings (SSSR count). The smallest absolute Gasteiger partial charge is 0.217 e. The Morgan fingerprint density at radius 2 is 0.955 bits per heavy atom. The van der Waals surface area contributed by atoms with E-state index in [4.69, 9.17) is 37.9 Å². The molecule has 4 fully saturated rings. The molecular formula is C38H66N4O25. The summed E-state index contributed by atoms with van der Waals surface area (Å²) in [6, 6.07) is -6.71. The lowest BCUT2D eigenvalue weighted by Gasteiger charge is -2.52. The molecular weight excluding hydrogens is 912 g/mol. The second kappa shape index (κ2) is 25.2. The maximum atomic E-state index is 13.1. The van der Waals surface area contributed by atoms with Gasteiger partial charge in [-0.2, -0.15) is 0 Å². The van der Waals surface area contributed by atoms with Crippen LogP contribution in [0.15, 0.2) is 0 Å². The highest BCUT2D eigenvalue weighted by Crippen LogP contribution is 2.36. The van der Waals surface area contributed by atoms with Crippen molar-refractivity contribution in [3.63, 3.8) is 0 Å². The number of nitrogens with one attached hydrogen (secondary N) is 4. The zero-order valence-corrected chi connectivity index (χ0v) is 37.1. The average molecular weight is 979 g/mol. The van der Waals surface area contributed by atoms with Gasteiger partial charge >= 0.3 is 0 Å². The minimum absolute atomic E-state index is 0.764. The minimum Gasteiger partial charge on any atom is -0.394 e. The normalized spacial score (nSPS) is 41.0.